The number of nitrogens with one attached hydrogen (secondary N) is 1. The Morgan fingerprint density at radius 2 is 1.69 bits per heavy atom. The van der Waals surface area contributed by atoms with E-state index >= 15 is 0 Å². The topological polar surface area (TPSA) is 104 Å². The lowest BCUT2D eigenvalue weighted by molar-refractivity contribution is 0.0920. The van der Waals surface area contributed by atoms with Gasteiger partial charge in [0, 0.05) is 4.70 Å². The van der Waals surface area contributed by atoms with Crippen molar-refractivity contribution in [3.8, 4) is 0 Å². The summed E-state index contributed by atoms with van der Waals surface area (Å²) in [5.41, 5.74) is 1.10. The summed E-state index contributed by atoms with van der Waals surface area (Å²) in [6, 6.07) is 19.4. The van der Waals surface area contributed by atoms with Crippen LogP contribution in [0.25, 0.3) is 10.1 Å². The summed E-state index contributed by atoms with van der Waals surface area (Å²) in [5.74, 6) is -0.129. The van der Waals surface area contributed by atoms with Crippen LogP contribution in [0.5, 0.6) is 0 Å². The molecule has 26 heavy (non-hydrogen) atoms. The number of carbonyl (C=O) groups excluding carboxylic acids is 1. The molecule has 1 heterocycles. The van der Waals surface area contributed by atoms with Gasteiger partial charge in [-0.2, -0.15) is 0 Å². The van der Waals surface area contributed by atoms with Gasteiger partial charge in [0.2, 0.25) is 0 Å². The average Bonchev–Trinajstić information content (AvgIpc) is 3.06. The lowest BCUT2D eigenvalue weighted by atomic mass is 10.1. The summed E-state index contributed by atoms with van der Waals surface area (Å²) >= 11 is 1.47. The summed E-state index contributed by atoms with van der Waals surface area (Å²) < 4.78 is 18.3. The van der Waals surface area contributed by atoms with Crippen LogP contribution in [-0.4, -0.2) is 28.6 Å². The maximum Gasteiger partial charge on any atom is 0.465 e. The molecule has 8 heteroatoms. The molecular formula is C18H18NO5PS. The summed E-state index contributed by atoms with van der Waals surface area (Å²) in [6.07, 6.45) is 0.619. The standard InChI is InChI=1S/C18H17NO2S.HO3P/c20-12-15(10-13-6-2-1-3-7-13)19-18(21)17-11-14-8-4-5-9-16(14)22-17;1-4(2)3/h1-9,11,15,20H,10,12H2,(H,19,21);(H,1,2,3)/t15-;/m1./s1. The van der Waals surface area contributed by atoms with Crippen molar-refractivity contribution in [1.82, 2.24) is 5.32 Å². The Morgan fingerprint density at radius 1 is 1.08 bits per heavy atom. The van der Waals surface area contributed by atoms with Crippen LogP contribution < -0.4 is 5.32 Å². The molecular weight excluding hydrogens is 373 g/mol. The smallest absolute Gasteiger partial charge is 0.394 e. The largest absolute Gasteiger partial charge is 0.465 e. The maximum atomic E-state index is 12.4. The number of thiophene rings is 1. The molecule has 0 aliphatic carbocycles. The minimum Gasteiger partial charge on any atom is -0.394 e. The fourth-order valence-corrected chi connectivity index (χ4v) is 3.38. The van der Waals surface area contributed by atoms with Crippen molar-refractivity contribution in [2.24, 2.45) is 0 Å². The van der Waals surface area contributed by atoms with E-state index in [1.165, 1.54) is 11.3 Å². The zero-order chi connectivity index (χ0) is 18.9. The van der Waals surface area contributed by atoms with Crippen LogP contribution in [0.15, 0.2) is 60.7 Å². The molecule has 0 radical (unpaired) electrons. The van der Waals surface area contributed by atoms with Gasteiger partial charge in [-0.05, 0) is 29.5 Å². The molecule has 0 aliphatic heterocycles. The van der Waals surface area contributed by atoms with Gasteiger partial charge in [0.15, 0.2) is 0 Å². The fraction of sp³-hybridized carbons (Fsp3) is 0.167. The zero-order valence-corrected chi connectivity index (χ0v) is 15.5. The quantitative estimate of drug-likeness (QED) is 0.579. The molecule has 3 rings (SSSR count). The van der Waals surface area contributed by atoms with Crippen molar-refractivity contribution < 1.29 is 23.9 Å². The van der Waals surface area contributed by atoms with E-state index in [9.17, 15) is 9.90 Å². The highest BCUT2D eigenvalue weighted by molar-refractivity contribution is 7.23. The summed E-state index contributed by atoms with van der Waals surface area (Å²) in [5, 5.41) is 13.5. The second kappa shape index (κ2) is 9.99. The first-order valence-corrected chi connectivity index (χ1v) is 9.71. The molecule has 0 fully saturated rings. The van der Waals surface area contributed by atoms with Gasteiger partial charge in [-0.3, -0.25) is 9.69 Å². The van der Waals surface area contributed by atoms with Crippen molar-refractivity contribution in [3.63, 3.8) is 0 Å². The second-order valence-electron chi connectivity index (χ2n) is 5.43. The highest BCUT2D eigenvalue weighted by atomic mass is 32.1. The molecule has 1 amide bonds. The van der Waals surface area contributed by atoms with Gasteiger partial charge in [0.25, 0.3) is 5.91 Å². The third kappa shape index (κ3) is 6.20. The number of hydrogen-bond acceptors (Lipinski definition) is 5. The van der Waals surface area contributed by atoms with E-state index in [4.69, 9.17) is 14.0 Å². The minimum absolute atomic E-state index is 0.0778. The highest BCUT2D eigenvalue weighted by Gasteiger charge is 2.15. The molecule has 3 N–H and O–H groups in total. The summed E-state index contributed by atoms with van der Waals surface area (Å²) in [4.78, 5) is 20.0. The van der Waals surface area contributed by atoms with E-state index in [1.54, 1.807) is 0 Å². The molecule has 136 valence electrons. The van der Waals surface area contributed by atoms with Gasteiger partial charge in [-0.15, -0.1) is 11.3 Å². The first kappa shape index (κ1) is 20.0. The minimum atomic E-state index is -3.12. The van der Waals surface area contributed by atoms with Crippen molar-refractivity contribution in [1.29, 1.82) is 0 Å². The van der Waals surface area contributed by atoms with Crippen LogP contribution in [0.3, 0.4) is 0 Å². The monoisotopic (exact) mass is 391 g/mol. The van der Waals surface area contributed by atoms with Gasteiger partial charge >= 0.3 is 7.91 Å². The van der Waals surface area contributed by atoms with Gasteiger partial charge in [0.05, 0.1) is 17.5 Å². The summed E-state index contributed by atoms with van der Waals surface area (Å²) in [7, 11) is -3.12. The van der Waals surface area contributed by atoms with E-state index in [1.807, 2.05) is 60.7 Å². The Kier molecular flexibility index (Phi) is 7.69. The lowest BCUT2D eigenvalue weighted by Crippen LogP contribution is -2.38. The van der Waals surface area contributed by atoms with E-state index in [0.717, 1.165) is 15.6 Å². The summed E-state index contributed by atoms with van der Waals surface area (Å²) in [6.45, 7) is -0.0778. The van der Waals surface area contributed by atoms with E-state index in [0.29, 0.717) is 11.3 Å². The average molecular weight is 391 g/mol. The highest BCUT2D eigenvalue weighted by Crippen LogP contribution is 2.25. The number of amides is 1. The van der Waals surface area contributed by atoms with Crippen LogP contribution in [0.2, 0.25) is 0 Å². The van der Waals surface area contributed by atoms with Crippen molar-refractivity contribution in [2.45, 2.75) is 12.5 Å². The third-order valence-electron chi connectivity index (χ3n) is 3.53. The Bertz CT molecular complexity index is 882. The normalized spacial score (nSPS) is 11.3. The van der Waals surface area contributed by atoms with Crippen LogP contribution in [0.4, 0.5) is 0 Å². The number of aliphatic hydroxyl groups excluding tert-OH is 1. The van der Waals surface area contributed by atoms with Gasteiger partial charge in [0.1, 0.15) is 0 Å². The first-order valence-electron chi connectivity index (χ1n) is 7.77. The predicted octanol–water partition coefficient (Wildman–Crippen LogP) is 3.30. The van der Waals surface area contributed by atoms with Crippen LogP contribution in [-0.2, 0) is 15.6 Å². The van der Waals surface area contributed by atoms with E-state index in [2.05, 4.69) is 5.32 Å². The van der Waals surface area contributed by atoms with Crippen molar-refractivity contribution in [2.75, 3.05) is 6.61 Å². The molecule has 6 nitrogen and oxygen atoms in total. The van der Waals surface area contributed by atoms with Crippen LogP contribution >= 0.6 is 19.2 Å². The number of aliphatic hydroxyl groups is 1. The van der Waals surface area contributed by atoms with Crippen LogP contribution in [0, 0.1) is 0 Å². The van der Waals surface area contributed by atoms with Crippen molar-refractivity contribution >= 4 is 35.2 Å². The van der Waals surface area contributed by atoms with Gasteiger partial charge in [-0.25, -0.2) is 9.13 Å². The Balaban J connectivity index is 0.000000552. The van der Waals surface area contributed by atoms with Gasteiger partial charge in [-0.1, -0.05) is 48.5 Å². The Labute approximate surface area is 155 Å². The molecule has 1 aromatic heterocycles. The zero-order valence-electron chi connectivity index (χ0n) is 13.7. The Morgan fingerprint density at radius 3 is 2.31 bits per heavy atom. The molecule has 0 saturated heterocycles. The fourth-order valence-electron chi connectivity index (χ4n) is 2.41. The van der Waals surface area contributed by atoms with E-state index in [-0.39, 0.29) is 18.6 Å². The molecule has 0 bridgehead atoms. The number of hydrogen-bond donors (Lipinski definition) is 3. The molecule has 2 aromatic carbocycles. The molecule has 0 spiro atoms. The maximum absolute atomic E-state index is 12.4. The molecule has 0 saturated carbocycles. The SMILES string of the molecule is O=C(N[C@@H](CO)Cc1ccccc1)c1cc2ccccc2s1.O=P(=O)O. The van der Waals surface area contributed by atoms with Crippen LogP contribution in [0.1, 0.15) is 15.2 Å². The number of carbonyl (C=O) groups is 1. The third-order valence-corrected chi connectivity index (χ3v) is 4.64. The molecule has 0 aliphatic rings. The molecule has 3 aromatic rings. The molecule has 1 atom stereocenters. The van der Waals surface area contributed by atoms with E-state index < -0.39 is 7.91 Å². The molecule has 0 unspecified atom stereocenters. The number of benzene rings is 2. The predicted molar refractivity (Wildman–Crippen MR) is 101 cm³/mol. The lowest BCUT2D eigenvalue weighted by Gasteiger charge is -2.15. The van der Waals surface area contributed by atoms with Crippen molar-refractivity contribution in [3.05, 3.63) is 71.1 Å². The number of rotatable bonds is 5. The number of fused-ring (bicyclic) bond motifs is 1. The second-order valence-corrected chi connectivity index (χ2v) is 6.99. The first-order chi connectivity index (χ1) is 12.5. The Hall–Kier alpha value is -2.31. The van der Waals surface area contributed by atoms with Gasteiger partial charge < -0.3 is 10.4 Å².